The van der Waals surface area contributed by atoms with Crippen LogP contribution < -0.4 is 10.6 Å². The summed E-state index contributed by atoms with van der Waals surface area (Å²) in [5.74, 6) is 0.464. The normalized spacial score (nSPS) is 12.6. The van der Waals surface area contributed by atoms with Gasteiger partial charge >= 0.3 is 6.09 Å². The molecule has 0 heterocycles. The summed E-state index contributed by atoms with van der Waals surface area (Å²) < 4.78 is 4.57. The molecule has 5 nitrogen and oxygen atoms in total. The second-order valence-corrected chi connectivity index (χ2v) is 7.56. The van der Waals surface area contributed by atoms with Gasteiger partial charge in [0.15, 0.2) is 0 Å². The van der Waals surface area contributed by atoms with Gasteiger partial charge in [-0.15, -0.1) is 0 Å². The first-order valence-corrected chi connectivity index (χ1v) is 8.39. The van der Waals surface area contributed by atoms with E-state index in [0.29, 0.717) is 17.2 Å². The molecular weight excluding hydrogens is 304 g/mol. The number of ether oxygens (including phenoxy) is 1. The number of benzene rings is 1. The fourth-order valence-electron chi connectivity index (χ4n) is 2.37. The lowest BCUT2D eigenvalue weighted by Crippen LogP contribution is -2.43. The van der Waals surface area contributed by atoms with Gasteiger partial charge in [0.05, 0.1) is 7.11 Å². The van der Waals surface area contributed by atoms with Crippen LogP contribution in [0.3, 0.4) is 0 Å². The average Bonchev–Trinajstić information content (AvgIpc) is 2.49. The van der Waals surface area contributed by atoms with Crippen molar-refractivity contribution in [2.24, 2.45) is 11.3 Å². The van der Waals surface area contributed by atoms with E-state index in [2.05, 4.69) is 50.0 Å². The van der Waals surface area contributed by atoms with E-state index in [1.165, 1.54) is 7.11 Å². The number of amides is 2. The summed E-state index contributed by atoms with van der Waals surface area (Å²) in [6, 6.07) is 6.92. The van der Waals surface area contributed by atoms with Gasteiger partial charge in [-0.3, -0.25) is 10.1 Å². The maximum Gasteiger partial charge on any atom is 0.411 e. The molecule has 0 radical (unpaired) electrons. The largest absolute Gasteiger partial charge is 0.453 e. The van der Waals surface area contributed by atoms with Crippen molar-refractivity contribution >= 4 is 17.7 Å². The second kappa shape index (κ2) is 8.71. The molecule has 0 aliphatic carbocycles. The monoisotopic (exact) mass is 334 g/mol. The van der Waals surface area contributed by atoms with Crippen LogP contribution in [0.4, 0.5) is 10.5 Å². The lowest BCUT2D eigenvalue weighted by atomic mass is 9.82. The zero-order valence-corrected chi connectivity index (χ0v) is 15.6. The van der Waals surface area contributed by atoms with Gasteiger partial charge in [-0.2, -0.15) is 0 Å². The van der Waals surface area contributed by atoms with Gasteiger partial charge in [0.25, 0.3) is 5.91 Å². The molecule has 0 saturated carbocycles. The van der Waals surface area contributed by atoms with Crippen molar-refractivity contribution in [3.63, 3.8) is 0 Å². The maximum atomic E-state index is 12.6. The minimum atomic E-state index is -0.558. The zero-order chi connectivity index (χ0) is 18.3. The highest BCUT2D eigenvalue weighted by atomic mass is 16.5. The van der Waals surface area contributed by atoms with Gasteiger partial charge in [0.1, 0.15) is 0 Å². The number of anilines is 1. The van der Waals surface area contributed by atoms with Crippen LogP contribution in [-0.4, -0.2) is 25.2 Å². The van der Waals surface area contributed by atoms with E-state index in [9.17, 15) is 9.59 Å². The van der Waals surface area contributed by atoms with Crippen LogP contribution in [0.25, 0.3) is 0 Å². The Morgan fingerprint density at radius 3 is 2.38 bits per heavy atom. The Morgan fingerprint density at radius 2 is 1.83 bits per heavy atom. The highest BCUT2D eigenvalue weighted by Crippen LogP contribution is 2.25. The van der Waals surface area contributed by atoms with Gasteiger partial charge < -0.3 is 10.1 Å². The quantitative estimate of drug-likeness (QED) is 0.808. The summed E-state index contributed by atoms with van der Waals surface area (Å²) >= 11 is 0. The molecule has 0 aromatic heterocycles. The highest BCUT2D eigenvalue weighted by molar-refractivity contribution is 5.96. The molecule has 1 atom stereocenters. The standard InChI is InChI=1S/C19H30N2O3/c1-13(2)10-11-16(19(3,4)5)21-17(22)14-8-7-9-15(12-14)20-18(23)24-6/h7-9,12-13,16H,10-11H2,1-6H3,(H,20,23)(H,21,22). The molecule has 5 heteroatoms. The van der Waals surface area contributed by atoms with Crippen LogP contribution in [0.1, 0.15) is 57.8 Å². The number of nitrogens with one attached hydrogen (secondary N) is 2. The van der Waals surface area contributed by atoms with Crippen molar-refractivity contribution in [3.8, 4) is 0 Å². The molecule has 1 rings (SSSR count). The summed E-state index contributed by atoms with van der Waals surface area (Å²) in [4.78, 5) is 23.9. The Balaban J connectivity index is 2.83. The first-order chi connectivity index (χ1) is 11.1. The summed E-state index contributed by atoms with van der Waals surface area (Å²) in [5, 5.41) is 5.71. The zero-order valence-electron chi connectivity index (χ0n) is 15.6. The fraction of sp³-hybridized carbons (Fsp3) is 0.579. The average molecular weight is 334 g/mol. The van der Waals surface area contributed by atoms with E-state index in [1.54, 1.807) is 24.3 Å². The van der Waals surface area contributed by atoms with E-state index in [4.69, 9.17) is 0 Å². The van der Waals surface area contributed by atoms with Crippen molar-refractivity contribution in [1.82, 2.24) is 5.32 Å². The number of methoxy groups -OCH3 is 1. The highest BCUT2D eigenvalue weighted by Gasteiger charge is 2.26. The smallest absolute Gasteiger partial charge is 0.411 e. The van der Waals surface area contributed by atoms with Gasteiger partial charge in [-0.05, 0) is 42.4 Å². The third kappa shape index (κ3) is 6.60. The molecule has 1 unspecified atom stereocenters. The molecule has 0 aliphatic rings. The van der Waals surface area contributed by atoms with E-state index < -0.39 is 6.09 Å². The Bertz CT molecular complexity index is 562. The number of hydrogen-bond donors (Lipinski definition) is 2. The molecule has 134 valence electrons. The Kier molecular flexibility index (Phi) is 7.26. The Morgan fingerprint density at radius 1 is 1.17 bits per heavy atom. The topological polar surface area (TPSA) is 67.4 Å². The van der Waals surface area contributed by atoms with Crippen molar-refractivity contribution in [2.45, 2.75) is 53.5 Å². The van der Waals surface area contributed by atoms with Crippen molar-refractivity contribution < 1.29 is 14.3 Å². The summed E-state index contributed by atoms with van der Waals surface area (Å²) in [6.07, 6.45) is 1.44. The van der Waals surface area contributed by atoms with Crippen LogP contribution in [0.5, 0.6) is 0 Å². The van der Waals surface area contributed by atoms with Gasteiger partial charge in [-0.1, -0.05) is 40.7 Å². The van der Waals surface area contributed by atoms with Crippen molar-refractivity contribution in [1.29, 1.82) is 0 Å². The van der Waals surface area contributed by atoms with Crippen LogP contribution in [0, 0.1) is 11.3 Å². The van der Waals surface area contributed by atoms with Crippen LogP contribution in [0.15, 0.2) is 24.3 Å². The Hall–Kier alpha value is -2.04. The van der Waals surface area contributed by atoms with Crippen LogP contribution in [0.2, 0.25) is 0 Å². The third-order valence-corrected chi connectivity index (χ3v) is 3.94. The SMILES string of the molecule is COC(=O)Nc1cccc(C(=O)NC(CCC(C)C)C(C)(C)C)c1. The fourth-order valence-corrected chi connectivity index (χ4v) is 2.37. The van der Waals surface area contributed by atoms with E-state index in [1.807, 2.05) is 0 Å². The van der Waals surface area contributed by atoms with Crippen LogP contribution >= 0.6 is 0 Å². The predicted molar refractivity (Wildman–Crippen MR) is 97.3 cm³/mol. The van der Waals surface area contributed by atoms with E-state index in [0.717, 1.165) is 12.8 Å². The van der Waals surface area contributed by atoms with Gasteiger partial charge in [0, 0.05) is 17.3 Å². The second-order valence-electron chi connectivity index (χ2n) is 7.56. The summed E-state index contributed by atoms with van der Waals surface area (Å²) in [6.45, 7) is 10.8. The lowest BCUT2D eigenvalue weighted by molar-refractivity contribution is 0.0894. The van der Waals surface area contributed by atoms with Gasteiger partial charge in [-0.25, -0.2) is 4.79 Å². The molecule has 1 aromatic rings. The molecule has 2 amide bonds. The van der Waals surface area contributed by atoms with E-state index in [-0.39, 0.29) is 17.4 Å². The molecule has 0 spiro atoms. The number of carbonyl (C=O) groups is 2. The predicted octanol–water partition coefficient (Wildman–Crippen LogP) is 4.45. The first kappa shape index (κ1) is 20.0. The minimum absolute atomic E-state index is 0.0214. The summed E-state index contributed by atoms with van der Waals surface area (Å²) in [5.41, 5.74) is 1.03. The third-order valence-electron chi connectivity index (χ3n) is 3.94. The molecule has 0 aliphatic heterocycles. The lowest BCUT2D eigenvalue weighted by Gasteiger charge is -2.32. The molecule has 1 aromatic carbocycles. The van der Waals surface area contributed by atoms with Crippen molar-refractivity contribution in [2.75, 3.05) is 12.4 Å². The molecule has 2 N–H and O–H groups in total. The Labute approximate surface area is 145 Å². The summed E-state index contributed by atoms with van der Waals surface area (Å²) in [7, 11) is 1.30. The van der Waals surface area contributed by atoms with Crippen molar-refractivity contribution in [3.05, 3.63) is 29.8 Å². The molecule has 0 saturated heterocycles. The van der Waals surface area contributed by atoms with Crippen LogP contribution in [-0.2, 0) is 4.74 Å². The first-order valence-electron chi connectivity index (χ1n) is 8.39. The van der Waals surface area contributed by atoms with E-state index >= 15 is 0 Å². The molecule has 0 fully saturated rings. The number of hydrogen-bond acceptors (Lipinski definition) is 3. The molecule has 24 heavy (non-hydrogen) atoms. The number of rotatable bonds is 6. The molecular formula is C19H30N2O3. The maximum absolute atomic E-state index is 12.6. The number of carbonyl (C=O) groups excluding carboxylic acids is 2. The van der Waals surface area contributed by atoms with Gasteiger partial charge in [0.2, 0.25) is 0 Å². The molecule has 0 bridgehead atoms. The minimum Gasteiger partial charge on any atom is -0.453 e.